The number of carbonyl (C=O) groups excluding carboxylic acids is 1. The van der Waals surface area contributed by atoms with Crippen molar-refractivity contribution in [3.8, 4) is 6.07 Å². The Morgan fingerprint density at radius 2 is 1.93 bits per heavy atom. The van der Waals surface area contributed by atoms with Gasteiger partial charge in [0.25, 0.3) is 0 Å². The topological polar surface area (TPSA) is 72.3 Å². The van der Waals surface area contributed by atoms with E-state index in [1.54, 1.807) is 18.3 Å². The van der Waals surface area contributed by atoms with Crippen LogP contribution in [0.1, 0.15) is 28.7 Å². The van der Waals surface area contributed by atoms with Gasteiger partial charge in [-0.1, -0.05) is 17.7 Å². The summed E-state index contributed by atoms with van der Waals surface area (Å²) in [5.41, 5.74) is 4.89. The number of aryl methyl sites for hydroxylation is 3. The largest absolute Gasteiger partial charge is 0.354 e. The summed E-state index contributed by atoms with van der Waals surface area (Å²) in [5.74, 6) is 0.751. The second-order valence-corrected chi connectivity index (χ2v) is 7.43. The van der Waals surface area contributed by atoms with E-state index in [-0.39, 0.29) is 5.91 Å². The van der Waals surface area contributed by atoms with E-state index in [1.807, 2.05) is 13.8 Å². The molecule has 1 aliphatic rings. The molecule has 6 heteroatoms. The summed E-state index contributed by atoms with van der Waals surface area (Å²) < 4.78 is 0. The molecule has 146 valence electrons. The molecule has 1 amide bonds. The number of hydrogen-bond donors (Lipinski definition) is 1. The number of nitrogens with one attached hydrogen (secondary N) is 1. The van der Waals surface area contributed by atoms with Crippen LogP contribution in [0.5, 0.6) is 0 Å². The zero-order chi connectivity index (χ0) is 20.1. The van der Waals surface area contributed by atoms with Gasteiger partial charge in [0.15, 0.2) is 0 Å². The Balaban J connectivity index is 1.61. The lowest BCUT2D eigenvalue weighted by Gasteiger charge is -2.23. The third kappa shape index (κ3) is 4.68. The second-order valence-electron chi connectivity index (χ2n) is 7.43. The number of hydrogen-bond acceptors (Lipinski definition) is 5. The lowest BCUT2D eigenvalue weighted by Crippen LogP contribution is -2.36. The molecule has 2 aromatic rings. The van der Waals surface area contributed by atoms with Gasteiger partial charge < -0.3 is 10.2 Å². The Kier molecular flexibility index (Phi) is 6.27. The summed E-state index contributed by atoms with van der Waals surface area (Å²) in [4.78, 5) is 21.3. The molecule has 6 nitrogen and oxygen atoms in total. The molecule has 0 radical (unpaired) electrons. The molecule has 28 heavy (non-hydrogen) atoms. The Labute approximate surface area is 166 Å². The molecule has 0 atom stereocenters. The third-order valence-electron chi connectivity index (χ3n) is 5.10. The number of amides is 1. The number of aromatic nitrogens is 1. The van der Waals surface area contributed by atoms with E-state index in [4.69, 9.17) is 0 Å². The van der Waals surface area contributed by atoms with E-state index in [0.29, 0.717) is 12.1 Å². The number of pyridine rings is 1. The Morgan fingerprint density at radius 1 is 1.18 bits per heavy atom. The van der Waals surface area contributed by atoms with Crippen LogP contribution in [0.25, 0.3) is 0 Å². The molecule has 1 aromatic carbocycles. The van der Waals surface area contributed by atoms with Crippen molar-refractivity contribution in [2.45, 2.75) is 27.2 Å². The highest BCUT2D eigenvalue weighted by Crippen LogP contribution is 2.22. The first-order chi connectivity index (χ1) is 13.5. The Bertz CT molecular complexity index is 879. The first-order valence-electron chi connectivity index (χ1n) is 9.68. The monoisotopic (exact) mass is 377 g/mol. The average Bonchev–Trinajstić information content (AvgIpc) is 2.90. The summed E-state index contributed by atoms with van der Waals surface area (Å²) in [7, 11) is 0. The van der Waals surface area contributed by atoms with Gasteiger partial charge in [0, 0.05) is 38.1 Å². The fraction of sp³-hybridized carbons (Fsp3) is 0.409. The molecule has 1 fully saturated rings. The highest BCUT2D eigenvalue weighted by Gasteiger charge is 2.20. The van der Waals surface area contributed by atoms with Gasteiger partial charge in [-0.15, -0.1) is 0 Å². The summed E-state index contributed by atoms with van der Waals surface area (Å²) in [6, 6.07) is 9.97. The highest BCUT2D eigenvalue weighted by atomic mass is 16.2. The van der Waals surface area contributed by atoms with E-state index < -0.39 is 0 Å². The van der Waals surface area contributed by atoms with Crippen LogP contribution in [0.15, 0.2) is 30.5 Å². The first-order valence-corrected chi connectivity index (χ1v) is 9.68. The van der Waals surface area contributed by atoms with Crippen molar-refractivity contribution in [2.24, 2.45) is 0 Å². The van der Waals surface area contributed by atoms with Crippen molar-refractivity contribution in [3.63, 3.8) is 0 Å². The molecule has 1 saturated heterocycles. The predicted molar refractivity (Wildman–Crippen MR) is 112 cm³/mol. The lowest BCUT2D eigenvalue weighted by molar-refractivity contribution is -0.117. The maximum atomic E-state index is 12.6. The summed E-state index contributed by atoms with van der Waals surface area (Å²) in [6.07, 6.45) is 2.65. The molecule has 0 saturated carbocycles. The third-order valence-corrected chi connectivity index (χ3v) is 5.10. The molecule has 3 rings (SSSR count). The minimum atomic E-state index is 0.0130. The smallest absolute Gasteiger partial charge is 0.238 e. The highest BCUT2D eigenvalue weighted by molar-refractivity contribution is 5.93. The molecular formula is C22H27N5O. The number of benzene rings is 1. The van der Waals surface area contributed by atoms with Crippen LogP contribution in [0.3, 0.4) is 0 Å². The van der Waals surface area contributed by atoms with Gasteiger partial charge in [0.1, 0.15) is 11.9 Å². The molecule has 0 bridgehead atoms. The number of rotatable bonds is 4. The Morgan fingerprint density at radius 3 is 2.64 bits per heavy atom. The maximum absolute atomic E-state index is 12.6. The molecule has 1 N–H and O–H groups in total. The van der Waals surface area contributed by atoms with Crippen LogP contribution in [0, 0.1) is 32.1 Å². The standard InChI is InChI=1S/C22H27N5O/c1-16-12-17(2)21(18(3)13-16)25-20(28)15-26-8-5-9-27(11-10-26)22-19(14-23)6-4-7-24-22/h4,6-7,12-13H,5,8-11,15H2,1-3H3,(H,25,28). The second kappa shape index (κ2) is 8.85. The molecule has 0 aliphatic carbocycles. The molecule has 0 unspecified atom stereocenters. The van der Waals surface area contributed by atoms with Crippen molar-refractivity contribution >= 4 is 17.4 Å². The summed E-state index contributed by atoms with van der Waals surface area (Å²) >= 11 is 0. The number of nitriles is 1. The van der Waals surface area contributed by atoms with E-state index in [1.165, 1.54) is 5.56 Å². The fourth-order valence-electron chi connectivity index (χ4n) is 3.84. The lowest BCUT2D eigenvalue weighted by atomic mass is 10.1. The van der Waals surface area contributed by atoms with Gasteiger partial charge in [0.2, 0.25) is 5.91 Å². The van der Waals surface area contributed by atoms with Crippen molar-refractivity contribution in [1.82, 2.24) is 9.88 Å². The number of nitrogens with zero attached hydrogens (tertiary/aromatic N) is 4. The van der Waals surface area contributed by atoms with Crippen LogP contribution in [-0.2, 0) is 4.79 Å². The van der Waals surface area contributed by atoms with Gasteiger partial charge in [-0.2, -0.15) is 5.26 Å². The fourth-order valence-corrected chi connectivity index (χ4v) is 3.84. The van der Waals surface area contributed by atoms with Crippen molar-refractivity contribution < 1.29 is 4.79 Å². The zero-order valence-electron chi connectivity index (χ0n) is 16.8. The van der Waals surface area contributed by atoms with Crippen molar-refractivity contribution in [3.05, 3.63) is 52.7 Å². The molecule has 0 spiro atoms. The minimum Gasteiger partial charge on any atom is -0.354 e. The molecule has 1 aromatic heterocycles. The number of carbonyl (C=O) groups is 1. The van der Waals surface area contributed by atoms with E-state index in [0.717, 1.165) is 55.2 Å². The normalized spacial score (nSPS) is 15.0. The number of anilines is 2. The molecule has 2 heterocycles. The van der Waals surface area contributed by atoms with Gasteiger partial charge in [-0.3, -0.25) is 9.69 Å². The van der Waals surface area contributed by atoms with Crippen molar-refractivity contribution in [2.75, 3.05) is 42.9 Å². The molecule has 1 aliphatic heterocycles. The first kappa shape index (κ1) is 19.8. The quantitative estimate of drug-likeness (QED) is 0.887. The van der Waals surface area contributed by atoms with E-state index in [9.17, 15) is 10.1 Å². The summed E-state index contributed by atoms with van der Waals surface area (Å²) in [5, 5.41) is 12.4. The Hall–Kier alpha value is -2.91. The predicted octanol–water partition coefficient (Wildman–Crippen LogP) is 3.03. The van der Waals surface area contributed by atoms with Crippen LogP contribution in [-0.4, -0.2) is 48.5 Å². The van der Waals surface area contributed by atoms with E-state index in [2.05, 4.69) is 45.2 Å². The van der Waals surface area contributed by atoms with Gasteiger partial charge in [0.05, 0.1) is 12.1 Å². The maximum Gasteiger partial charge on any atom is 0.238 e. The van der Waals surface area contributed by atoms with Crippen LogP contribution >= 0.6 is 0 Å². The molecular weight excluding hydrogens is 350 g/mol. The van der Waals surface area contributed by atoms with Crippen LogP contribution in [0.4, 0.5) is 11.5 Å². The zero-order valence-corrected chi connectivity index (χ0v) is 16.8. The van der Waals surface area contributed by atoms with Crippen LogP contribution in [0.2, 0.25) is 0 Å². The van der Waals surface area contributed by atoms with Crippen molar-refractivity contribution in [1.29, 1.82) is 5.26 Å². The van der Waals surface area contributed by atoms with Crippen LogP contribution < -0.4 is 10.2 Å². The minimum absolute atomic E-state index is 0.0130. The average molecular weight is 377 g/mol. The van der Waals surface area contributed by atoms with Gasteiger partial charge in [-0.05, 0) is 50.5 Å². The summed E-state index contributed by atoms with van der Waals surface area (Å²) in [6.45, 7) is 9.69. The SMILES string of the molecule is Cc1cc(C)c(NC(=O)CN2CCCN(c3ncccc3C#N)CC2)c(C)c1. The van der Waals surface area contributed by atoms with Gasteiger partial charge >= 0.3 is 0 Å². The van der Waals surface area contributed by atoms with E-state index >= 15 is 0 Å². The van der Waals surface area contributed by atoms with Gasteiger partial charge in [-0.25, -0.2) is 4.98 Å².